The van der Waals surface area contributed by atoms with Crippen LogP contribution < -0.4 is 0 Å². The summed E-state index contributed by atoms with van der Waals surface area (Å²) >= 11 is 0. The second-order valence-corrected chi connectivity index (χ2v) is 11.6. The summed E-state index contributed by atoms with van der Waals surface area (Å²) in [7, 11) is 0. The molecule has 4 nitrogen and oxygen atoms in total. The molecule has 0 heterocycles. The second kappa shape index (κ2) is 8.42. The van der Waals surface area contributed by atoms with Crippen LogP contribution in [0.3, 0.4) is 0 Å². The normalized spacial score (nSPS) is 42.8. The Balaban J connectivity index is 1.66. The van der Waals surface area contributed by atoms with Crippen LogP contribution in [0.1, 0.15) is 98.8 Å². The number of carbonyl (C=O) groups is 2. The maximum atomic E-state index is 13.1. The zero-order valence-corrected chi connectivity index (χ0v) is 20.7. The molecule has 0 saturated heterocycles. The van der Waals surface area contributed by atoms with Crippen LogP contribution in [0.2, 0.25) is 0 Å². The molecule has 4 aliphatic rings. The van der Waals surface area contributed by atoms with Gasteiger partial charge in [-0.1, -0.05) is 51.3 Å². The van der Waals surface area contributed by atoms with E-state index < -0.39 is 5.60 Å². The first-order chi connectivity index (χ1) is 15.1. The van der Waals surface area contributed by atoms with Crippen LogP contribution in [0, 0.1) is 28.6 Å². The highest BCUT2D eigenvalue weighted by atomic mass is 16.6. The number of Topliss-reactive ketones (excluding diaryl/α,β-unsaturated/α-hetero) is 1. The number of aliphatic hydroxyl groups is 1. The summed E-state index contributed by atoms with van der Waals surface area (Å²) < 4.78 is 6.18. The van der Waals surface area contributed by atoms with Crippen LogP contribution >= 0.6 is 0 Å². The van der Waals surface area contributed by atoms with Gasteiger partial charge in [0.25, 0.3) is 0 Å². The molecule has 2 fully saturated rings. The minimum absolute atomic E-state index is 0.0221. The third-order valence-electron chi connectivity index (χ3n) is 9.91. The molecule has 0 unspecified atom stereocenters. The number of aliphatic hydroxyl groups excluding tert-OH is 1. The van der Waals surface area contributed by atoms with E-state index in [2.05, 4.69) is 39.8 Å². The van der Waals surface area contributed by atoms with Gasteiger partial charge in [0.05, 0.1) is 6.10 Å². The van der Waals surface area contributed by atoms with Crippen LogP contribution in [-0.4, -0.2) is 28.6 Å². The fourth-order valence-corrected chi connectivity index (χ4v) is 8.15. The van der Waals surface area contributed by atoms with Gasteiger partial charge in [-0.15, -0.1) is 0 Å². The first kappa shape index (κ1) is 23.7. The van der Waals surface area contributed by atoms with Gasteiger partial charge >= 0.3 is 5.97 Å². The van der Waals surface area contributed by atoms with Gasteiger partial charge in [-0.25, -0.2) is 0 Å². The van der Waals surface area contributed by atoms with Crippen molar-refractivity contribution < 1.29 is 19.4 Å². The summed E-state index contributed by atoms with van der Waals surface area (Å²) in [6, 6.07) is 0. The zero-order chi connectivity index (χ0) is 23.3. The lowest BCUT2D eigenvalue weighted by Gasteiger charge is -2.58. The molecule has 0 aromatic carbocycles. The molecule has 1 N–H and O–H groups in total. The van der Waals surface area contributed by atoms with Crippen molar-refractivity contribution in [1.29, 1.82) is 0 Å². The third kappa shape index (κ3) is 3.43. The molecule has 0 bridgehead atoms. The Morgan fingerprint density at radius 1 is 1.06 bits per heavy atom. The highest BCUT2D eigenvalue weighted by Crippen LogP contribution is 2.68. The molecular formula is C28H42O4. The number of fused-ring (bicyclic) bond motifs is 5. The second-order valence-electron chi connectivity index (χ2n) is 11.6. The Morgan fingerprint density at radius 3 is 2.47 bits per heavy atom. The van der Waals surface area contributed by atoms with Gasteiger partial charge in [0.2, 0.25) is 0 Å². The molecule has 32 heavy (non-hydrogen) atoms. The zero-order valence-electron chi connectivity index (χ0n) is 20.7. The summed E-state index contributed by atoms with van der Waals surface area (Å²) in [6.45, 7) is 10.6. The Labute approximate surface area is 193 Å². The third-order valence-corrected chi connectivity index (χ3v) is 9.91. The number of ketones is 1. The highest BCUT2D eigenvalue weighted by Gasteiger charge is 2.67. The molecule has 0 aromatic rings. The van der Waals surface area contributed by atoms with E-state index in [1.54, 1.807) is 6.92 Å². The van der Waals surface area contributed by atoms with E-state index in [1.165, 1.54) is 11.1 Å². The topological polar surface area (TPSA) is 63.6 Å². The van der Waals surface area contributed by atoms with Gasteiger partial charge < -0.3 is 9.84 Å². The van der Waals surface area contributed by atoms with Crippen molar-refractivity contribution in [3.05, 3.63) is 23.3 Å². The Bertz CT molecular complexity index is 840. The van der Waals surface area contributed by atoms with Crippen molar-refractivity contribution in [1.82, 2.24) is 0 Å². The van der Waals surface area contributed by atoms with E-state index in [9.17, 15) is 14.7 Å². The minimum Gasteiger partial charge on any atom is -0.450 e. The van der Waals surface area contributed by atoms with Gasteiger partial charge in [0.15, 0.2) is 11.4 Å². The molecule has 0 aromatic heterocycles. The quantitative estimate of drug-likeness (QED) is 0.409. The molecule has 4 aliphatic carbocycles. The fourth-order valence-electron chi connectivity index (χ4n) is 8.15. The minimum atomic E-state index is -0.979. The molecule has 178 valence electrons. The number of hydrogen-bond donors (Lipinski definition) is 1. The number of rotatable bonds is 6. The number of esters is 1. The Kier molecular flexibility index (Phi) is 6.24. The van der Waals surface area contributed by atoms with Gasteiger partial charge in [0, 0.05) is 11.8 Å². The van der Waals surface area contributed by atoms with Crippen LogP contribution in [-0.2, 0) is 14.3 Å². The number of unbranched alkanes of at least 4 members (excludes halogenated alkanes) is 2. The number of hydrogen-bond acceptors (Lipinski definition) is 4. The summed E-state index contributed by atoms with van der Waals surface area (Å²) in [5, 5.41) is 10.3. The Morgan fingerprint density at radius 2 is 1.78 bits per heavy atom. The summed E-state index contributed by atoms with van der Waals surface area (Å²) in [5.74, 6) is 1.08. The van der Waals surface area contributed by atoms with E-state index in [-0.39, 0.29) is 28.7 Å². The van der Waals surface area contributed by atoms with E-state index in [0.29, 0.717) is 30.6 Å². The maximum Gasteiger partial charge on any atom is 0.306 e. The fraction of sp³-hybridized carbons (Fsp3) is 0.786. The standard InChI is InChI=1S/C28H42O4/c1-6-7-8-9-25(31)32-28(19(3)29)15-12-23-21-16-18(2)24-17-20(30)10-13-26(24,4)22(21)11-14-27(23,28)5/h16-17,20-23,30H,6-15H2,1-5H3/t20-,21+,22-,23+,26-,27+,28+/m1/s1. The number of carbonyl (C=O) groups excluding carboxylic acids is 2. The van der Waals surface area contributed by atoms with Crippen LogP contribution in [0.5, 0.6) is 0 Å². The van der Waals surface area contributed by atoms with E-state index >= 15 is 0 Å². The molecule has 0 aliphatic heterocycles. The first-order valence-corrected chi connectivity index (χ1v) is 12.9. The predicted octanol–water partition coefficient (Wildman–Crippen LogP) is 5.93. The largest absolute Gasteiger partial charge is 0.450 e. The van der Waals surface area contributed by atoms with E-state index in [4.69, 9.17) is 4.74 Å². The van der Waals surface area contributed by atoms with Crippen LogP contribution in [0.25, 0.3) is 0 Å². The monoisotopic (exact) mass is 442 g/mol. The van der Waals surface area contributed by atoms with Gasteiger partial charge in [-0.3, -0.25) is 9.59 Å². The lowest BCUT2D eigenvalue weighted by molar-refractivity contribution is -0.187. The molecule has 2 saturated carbocycles. The molecule has 4 heteroatoms. The molecule has 4 rings (SSSR count). The number of allylic oxidation sites excluding steroid dienone is 3. The molecule has 7 atom stereocenters. The molecule has 0 radical (unpaired) electrons. The lowest BCUT2D eigenvalue weighted by Crippen LogP contribution is -2.58. The van der Waals surface area contributed by atoms with Crippen molar-refractivity contribution in [2.45, 2.75) is 111 Å². The number of ether oxygens (including phenoxy) is 1. The van der Waals surface area contributed by atoms with Gasteiger partial charge in [-0.05, 0) is 87.5 Å². The van der Waals surface area contributed by atoms with E-state index in [1.807, 2.05) is 0 Å². The maximum absolute atomic E-state index is 13.1. The lowest BCUT2D eigenvalue weighted by atomic mass is 9.47. The molecule has 0 amide bonds. The van der Waals surface area contributed by atoms with Crippen molar-refractivity contribution in [3.8, 4) is 0 Å². The first-order valence-electron chi connectivity index (χ1n) is 12.9. The van der Waals surface area contributed by atoms with Gasteiger partial charge in [0.1, 0.15) is 0 Å². The van der Waals surface area contributed by atoms with Crippen molar-refractivity contribution in [2.24, 2.45) is 28.6 Å². The summed E-state index contributed by atoms with van der Waals surface area (Å²) in [4.78, 5) is 25.9. The van der Waals surface area contributed by atoms with Crippen molar-refractivity contribution in [3.63, 3.8) is 0 Å². The average Bonchev–Trinajstić information content (AvgIpc) is 3.03. The van der Waals surface area contributed by atoms with E-state index in [0.717, 1.165) is 51.4 Å². The SMILES string of the molecule is CCCCCC(=O)O[C@]1(C(C)=O)CC[C@H]2[C@H]3C=C(C)C4=C[C@H](O)CC[C@]4(C)[C@@H]3CC[C@@]21C. The smallest absolute Gasteiger partial charge is 0.306 e. The summed E-state index contributed by atoms with van der Waals surface area (Å²) in [6.07, 6.45) is 12.9. The van der Waals surface area contributed by atoms with Gasteiger partial charge in [-0.2, -0.15) is 0 Å². The van der Waals surface area contributed by atoms with Crippen molar-refractivity contribution >= 4 is 11.8 Å². The summed E-state index contributed by atoms with van der Waals surface area (Å²) in [5.41, 5.74) is 1.41. The van der Waals surface area contributed by atoms with Crippen LogP contribution in [0.4, 0.5) is 0 Å². The van der Waals surface area contributed by atoms with Crippen LogP contribution in [0.15, 0.2) is 23.3 Å². The predicted molar refractivity (Wildman–Crippen MR) is 126 cm³/mol. The average molecular weight is 443 g/mol. The van der Waals surface area contributed by atoms with Crippen molar-refractivity contribution in [2.75, 3.05) is 0 Å². The highest BCUT2D eigenvalue weighted by molar-refractivity contribution is 5.89. The Hall–Kier alpha value is -1.42. The molecule has 0 spiro atoms. The molecular weight excluding hydrogens is 400 g/mol.